The van der Waals surface area contributed by atoms with Gasteiger partial charge in [-0.3, -0.25) is 0 Å². The van der Waals surface area contributed by atoms with Gasteiger partial charge in [-0.15, -0.1) is 0 Å². The van der Waals surface area contributed by atoms with Gasteiger partial charge in [0.2, 0.25) is 0 Å². The third-order valence-electron chi connectivity index (χ3n) is 1.90. The van der Waals surface area contributed by atoms with Gasteiger partial charge in [0.25, 0.3) is 5.71 Å². The minimum atomic E-state index is 0.384. The predicted molar refractivity (Wildman–Crippen MR) is 33.9 cm³/mol. The van der Waals surface area contributed by atoms with E-state index in [-0.39, 0.29) is 0 Å². The van der Waals surface area contributed by atoms with Gasteiger partial charge in [0, 0.05) is 12.0 Å². The molecular formula is C7H6N2. The predicted octanol–water partition coefficient (Wildman–Crippen LogP) is 1.03. The fourth-order valence-electron chi connectivity index (χ4n) is 1.25. The molecule has 2 rings (SSSR count). The van der Waals surface area contributed by atoms with E-state index in [0.717, 1.165) is 5.71 Å². The van der Waals surface area contributed by atoms with Gasteiger partial charge in [-0.25, -0.2) is 0 Å². The van der Waals surface area contributed by atoms with Crippen LogP contribution in [0.3, 0.4) is 0 Å². The molecular weight excluding hydrogens is 112 g/mol. The quantitative estimate of drug-likeness (QED) is 0.259. The molecule has 0 saturated carbocycles. The van der Waals surface area contributed by atoms with Crippen molar-refractivity contribution in [3.63, 3.8) is 0 Å². The lowest BCUT2D eigenvalue weighted by molar-refractivity contribution is -0.00936. The molecule has 0 unspecified atom stereocenters. The summed E-state index contributed by atoms with van der Waals surface area (Å²) in [6.45, 7) is 0. The topological polar surface area (TPSA) is 36.4 Å². The smallest absolute Gasteiger partial charge is 0.299 e. The Morgan fingerprint density at radius 3 is 2.56 bits per heavy atom. The first-order valence-electron chi connectivity index (χ1n) is 3.00. The van der Waals surface area contributed by atoms with Crippen molar-refractivity contribution >= 4 is 5.71 Å². The van der Waals surface area contributed by atoms with Crippen LogP contribution in [0.2, 0.25) is 0 Å². The molecule has 0 amide bonds. The fraction of sp³-hybridized carbons (Fsp3) is 0.286. The third kappa shape index (κ3) is 0.456. The van der Waals surface area contributed by atoms with Crippen molar-refractivity contribution < 1.29 is 4.79 Å². The second-order valence-corrected chi connectivity index (χ2v) is 2.37. The Labute approximate surface area is 53.1 Å². The van der Waals surface area contributed by atoms with Crippen LogP contribution in [0, 0.1) is 11.8 Å². The number of fused-ring (bicyclic) bond motifs is 1. The van der Waals surface area contributed by atoms with Crippen molar-refractivity contribution in [2.45, 2.75) is 0 Å². The number of allylic oxidation sites excluding steroid dienone is 4. The number of hydrogen-bond donors (Lipinski definition) is 0. The molecule has 2 aliphatic carbocycles. The number of hydrogen-bond acceptors (Lipinski definition) is 0. The summed E-state index contributed by atoms with van der Waals surface area (Å²) in [5.74, 6) is 0.908. The minimum absolute atomic E-state index is 0.384. The largest absolute Gasteiger partial charge is 0.361 e. The molecule has 0 radical (unpaired) electrons. The number of rotatable bonds is 0. The van der Waals surface area contributed by atoms with Crippen LogP contribution < -0.4 is 0 Å². The second-order valence-electron chi connectivity index (χ2n) is 2.37. The SMILES string of the molecule is [N-]=[N+]=C1C=C[C@@H]2C=C[C@H]12. The summed E-state index contributed by atoms with van der Waals surface area (Å²) in [6, 6.07) is 0. The Bertz CT molecular complexity index is 244. The maximum atomic E-state index is 8.39. The van der Waals surface area contributed by atoms with E-state index in [4.69, 9.17) is 5.53 Å². The zero-order valence-electron chi connectivity index (χ0n) is 4.86. The summed E-state index contributed by atoms with van der Waals surface area (Å²) in [5, 5.41) is 0. The molecule has 0 bridgehead atoms. The minimum Gasteiger partial charge on any atom is -0.361 e. The molecule has 2 aliphatic rings. The highest BCUT2D eigenvalue weighted by atomic mass is 14.9. The normalized spacial score (nSPS) is 35.8. The Balaban J connectivity index is 2.43. The molecule has 0 spiro atoms. The molecule has 9 heavy (non-hydrogen) atoms. The summed E-state index contributed by atoms with van der Waals surface area (Å²) in [7, 11) is 0. The van der Waals surface area contributed by atoms with Crippen LogP contribution in [0.25, 0.3) is 5.53 Å². The van der Waals surface area contributed by atoms with Gasteiger partial charge >= 0.3 is 0 Å². The molecule has 0 saturated heterocycles. The number of nitrogens with zero attached hydrogens (tertiary/aromatic N) is 2. The molecule has 0 fully saturated rings. The lowest BCUT2D eigenvalue weighted by Gasteiger charge is -2.15. The van der Waals surface area contributed by atoms with E-state index >= 15 is 0 Å². The highest BCUT2D eigenvalue weighted by Crippen LogP contribution is 2.32. The molecule has 0 N–H and O–H groups in total. The lowest BCUT2D eigenvalue weighted by Crippen LogP contribution is -2.19. The Morgan fingerprint density at radius 2 is 2.22 bits per heavy atom. The average Bonchev–Trinajstić information content (AvgIpc) is 2.07. The summed E-state index contributed by atoms with van der Waals surface area (Å²) in [6.07, 6.45) is 8.09. The fourth-order valence-corrected chi connectivity index (χ4v) is 1.25. The van der Waals surface area contributed by atoms with Gasteiger partial charge in [0.15, 0.2) is 0 Å². The van der Waals surface area contributed by atoms with Crippen molar-refractivity contribution in [3.05, 3.63) is 29.8 Å². The average molecular weight is 118 g/mol. The lowest BCUT2D eigenvalue weighted by atomic mass is 9.84. The van der Waals surface area contributed by atoms with E-state index in [1.165, 1.54) is 0 Å². The van der Waals surface area contributed by atoms with Crippen molar-refractivity contribution in [3.8, 4) is 0 Å². The maximum absolute atomic E-state index is 8.39. The summed E-state index contributed by atoms with van der Waals surface area (Å²) >= 11 is 0. The van der Waals surface area contributed by atoms with Crippen LogP contribution >= 0.6 is 0 Å². The Kier molecular flexibility index (Phi) is 0.746. The van der Waals surface area contributed by atoms with Crippen LogP contribution in [0.4, 0.5) is 0 Å². The first-order chi connectivity index (χ1) is 4.42. The van der Waals surface area contributed by atoms with E-state index in [0.29, 0.717) is 11.8 Å². The van der Waals surface area contributed by atoms with E-state index < -0.39 is 0 Å². The maximum Gasteiger partial charge on any atom is 0.299 e. The van der Waals surface area contributed by atoms with Gasteiger partial charge in [0.1, 0.15) is 0 Å². The molecule has 44 valence electrons. The third-order valence-corrected chi connectivity index (χ3v) is 1.90. The molecule has 2 nitrogen and oxygen atoms in total. The van der Waals surface area contributed by atoms with E-state index in [9.17, 15) is 0 Å². The van der Waals surface area contributed by atoms with Gasteiger partial charge < -0.3 is 5.53 Å². The van der Waals surface area contributed by atoms with Gasteiger partial charge in [-0.1, -0.05) is 18.2 Å². The van der Waals surface area contributed by atoms with Crippen molar-refractivity contribution in [2.75, 3.05) is 0 Å². The molecule has 2 atom stereocenters. The van der Waals surface area contributed by atoms with Crippen molar-refractivity contribution in [1.29, 1.82) is 0 Å². The second kappa shape index (κ2) is 1.42. The van der Waals surface area contributed by atoms with Gasteiger partial charge in [-0.05, 0) is 0 Å². The molecule has 0 aromatic heterocycles. The zero-order valence-corrected chi connectivity index (χ0v) is 4.86. The first-order valence-corrected chi connectivity index (χ1v) is 3.00. The van der Waals surface area contributed by atoms with Gasteiger partial charge in [-0.2, -0.15) is 4.79 Å². The standard InChI is InChI=1S/C7H6N2/c8-9-7-4-2-5-1-3-6(5)7/h1-6H/t5-,6-/m0/s1. The first kappa shape index (κ1) is 4.71. The van der Waals surface area contributed by atoms with E-state index in [1.807, 2.05) is 6.08 Å². The van der Waals surface area contributed by atoms with E-state index in [1.54, 1.807) is 0 Å². The van der Waals surface area contributed by atoms with Crippen molar-refractivity contribution in [1.82, 2.24) is 0 Å². The van der Waals surface area contributed by atoms with Crippen LogP contribution in [-0.2, 0) is 0 Å². The summed E-state index contributed by atoms with van der Waals surface area (Å²) in [4.78, 5) is 3.15. The van der Waals surface area contributed by atoms with Crippen LogP contribution in [0.15, 0.2) is 24.3 Å². The zero-order chi connectivity index (χ0) is 6.27. The van der Waals surface area contributed by atoms with E-state index in [2.05, 4.69) is 23.0 Å². The monoisotopic (exact) mass is 118 g/mol. The van der Waals surface area contributed by atoms with Crippen LogP contribution in [-0.4, -0.2) is 10.5 Å². The molecule has 0 heterocycles. The Morgan fingerprint density at radius 1 is 1.33 bits per heavy atom. The summed E-state index contributed by atoms with van der Waals surface area (Å²) in [5.41, 5.74) is 9.18. The molecule has 2 heteroatoms. The van der Waals surface area contributed by atoms with Crippen LogP contribution in [0.5, 0.6) is 0 Å². The molecule has 0 aromatic carbocycles. The molecule has 0 aliphatic heterocycles. The Hall–Kier alpha value is -1.14. The highest BCUT2D eigenvalue weighted by molar-refractivity contribution is 5.97. The molecule has 0 aromatic rings. The summed E-state index contributed by atoms with van der Waals surface area (Å²) < 4.78 is 0. The van der Waals surface area contributed by atoms with Crippen LogP contribution in [0.1, 0.15) is 0 Å². The van der Waals surface area contributed by atoms with Gasteiger partial charge in [0.05, 0.1) is 5.92 Å². The highest BCUT2D eigenvalue weighted by Gasteiger charge is 2.35. The van der Waals surface area contributed by atoms with Crippen molar-refractivity contribution in [2.24, 2.45) is 11.8 Å².